The van der Waals surface area contributed by atoms with Crippen LogP contribution in [0.3, 0.4) is 0 Å². The van der Waals surface area contributed by atoms with Gasteiger partial charge in [-0.25, -0.2) is 14.8 Å². The minimum atomic E-state index is -0.425. The molecule has 1 unspecified atom stereocenters. The molecule has 1 amide bonds. The van der Waals surface area contributed by atoms with Gasteiger partial charge in [0, 0.05) is 5.56 Å². The van der Waals surface area contributed by atoms with Crippen LogP contribution in [-0.2, 0) is 4.74 Å². The van der Waals surface area contributed by atoms with E-state index >= 15 is 0 Å². The van der Waals surface area contributed by atoms with E-state index in [-0.39, 0.29) is 12.6 Å². The molecule has 98 valence electrons. The van der Waals surface area contributed by atoms with Gasteiger partial charge in [0.2, 0.25) is 0 Å². The highest BCUT2D eigenvalue weighted by Crippen LogP contribution is 2.15. The summed E-state index contributed by atoms with van der Waals surface area (Å²) in [5.74, 6) is 6.01. The number of alkyl carbamates (subject to hydrolysis) is 1. The first-order valence-corrected chi connectivity index (χ1v) is 6.13. The quantitative estimate of drug-likeness (QED) is 0.796. The van der Waals surface area contributed by atoms with Gasteiger partial charge < -0.3 is 10.1 Å². The number of carbonyl (C=O) groups is 1. The summed E-state index contributed by atoms with van der Waals surface area (Å²) < 4.78 is 4.84. The predicted octanol–water partition coefficient (Wildman–Crippen LogP) is 1.66. The molecule has 1 N–H and O–H groups in total. The van der Waals surface area contributed by atoms with Crippen LogP contribution in [0.15, 0.2) is 42.7 Å². The molecule has 0 aliphatic carbocycles. The Morgan fingerprint density at radius 3 is 2.80 bits per heavy atom. The molecular formula is C15H11N3O2. The van der Waals surface area contributed by atoms with Crippen molar-refractivity contribution in [3.8, 4) is 11.8 Å². The van der Waals surface area contributed by atoms with Crippen molar-refractivity contribution in [3.05, 3.63) is 59.7 Å². The number of ether oxygens (including phenoxy) is 1. The fraction of sp³-hybridized carbons (Fsp3) is 0.133. The van der Waals surface area contributed by atoms with Crippen molar-refractivity contribution < 1.29 is 9.53 Å². The first-order valence-electron chi connectivity index (χ1n) is 6.13. The van der Waals surface area contributed by atoms with Crippen LogP contribution in [0, 0.1) is 11.8 Å². The molecule has 20 heavy (non-hydrogen) atoms. The first kappa shape index (κ1) is 12.2. The number of nitrogens with one attached hydrogen (secondary N) is 1. The van der Waals surface area contributed by atoms with Crippen molar-refractivity contribution in [2.45, 2.75) is 6.04 Å². The van der Waals surface area contributed by atoms with Gasteiger partial charge in [-0.15, -0.1) is 0 Å². The zero-order chi connectivity index (χ0) is 13.8. The second kappa shape index (κ2) is 5.41. The van der Waals surface area contributed by atoms with Crippen molar-refractivity contribution in [3.63, 3.8) is 0 Å². The number of cyclic esters (lactones) is 1. The number of rotatable bonds is 1. The van der Waals surface area contributed by atoms with Crippen LogP contribution in [0.2, 0.25) is 0 Å². The fourth-order valence-electron chi connectivity index (χ4n) is 1.83. The van der Waals surface area contributed by atoms with Crippen LogP contribution in [0.5, 0.6) is 0 Å². The summed E-state index contributed by atoms with van der Waals surface area (Å²) in [5, 5.41) is 2.67. The summed E-state index contributed by atoms with van der Waals surface area (Å²) in [6, 6.07) is 11.2. The average Bonchev–Trinajstić information content (AvgIpc) is 2.93. The zero-order valence-electron chi connectivity index (χ0n) is 10.5. The van der Waals surface area contributed by atoms with E-state index in [2.05, 4.69) is 27.1 Å². The minimum absolute atomic E-state index is 0.234. The lowest BCUT2D eigenvalue weighted by molar-refractivity contribution is 0.177. The highest BCUT2D eigenvalue weighted by Gasteiger charge is 2.24. The SMILES string of the molecule is O=C1NC(c2cc(C#Cc3ccccc3)ncn2)CO1. The van der Waals surface area contributed by atoms with Crippen LogP contribution < -0.4 is 5.32 Å². The molecule has 5 heteroatoms. The Kier molecular flexibility index (Phi) is 3.29. The maximum Gasteiger partial charge on any atom is 0.407 e. The van der Waals surface area contributed by atoms with Crippen LogP contribution in [0.1, 0.15) is 23.0 Å². The Morgan fingerprint density at radius 1 is 1.20 bits per heavy atom. The van der Waals surface area contributed by atoms with E-state index in [1.165, 1.54) is 6.33 Å². The largest absolute Gasteiger partial charge is 0.447 e. The molecule has 1 saturated heterocycles. The van der Waals surface area contributed by atoms with E-state index < -0.39 is 6.09 Å². The van der Waals surface area contributed by atoms with Gasteiger partial charge in [-0.1, -0.05) is 24.1 Å². The molecule has 5 nitrogen and oxygen atoms in total. The normalized spacial score (nSPS) is 16.8. The monoisotopic (exact) mass is 265 g/mol. The number of carbonyl (C=O) groups excluding carboxylic acids is 1. The molecular weight excluding hydrogens is 254 g/mol. The van der Waals surface area contributed by atoms with E-state index in [9.17, 15) is 4.79 Å². The van der Waals surface area contributed by atoms with E-state index in [1.807, 2.05) is 30.3 Å². The van der Waals surface area contributed by atoms with Gasteiger partial charge in [0.1, 0.15) is 24.7 Å². The molecule has 1 aromatic carbocycles. The Balaban J connectivity index is 1.82. The van der Waals surface area contributed by atoms with Gasteiger partial charge in [-0.05, 0) is 24.1 Å². The number of amides is 1. The van der Waals surface area contributed by atoms with Crippen molar-refractivity contribution in [2.75, 3.05) is 6.61 Å². The molecule has 2 heterocycles. The lowest BCUT2D eigenvalue weighted by Gasteiger charge is -2.05. The highest BCUT2D eigenvalue weighted by atomic mass is 16.6. The molecule has 0 saturated carbocycles. The predicted molar refractivity (Wildman–Crippen MR) is 71.7 cm³/mol. The Morgan fingerprint density at radius 2 is 2.05 bits per heavy atom. The van der Waals surface area contributed by atoms with Gasteiger partial charge in [0.25, 0.3) is 0 Å². The first-order chi connectivity index (χ1) is 9.81. The van der Waals surface area contributed by atoms with Crippen LogP contribution in [0.4, 0.5) is 4.79 Å². The smallest absolute Gasteiger partial charge is 0.407 e. The van der Waals surface area contributed by atoms with Crippen molar-refractivity contribution >= 4 is 6.09 Å². The Hall–Kier alpha value is -2.87. The second-order valence-corrected chi connectivity index (χ2v) is 4.24. The highest BCUT2D eigenvalue weighted by molar-refractivity contribution is 5.69. The number of nitrogens with zero attached hydrogens (tertiary/aromatic N) is 2. The number of aromatic nitrogens is 2. The molecule has 1 aliphatic heterocycles. The van der Waals surface area contributed by atoms with Gasteiger partial charge in [-0.3, -0.25) is 0 Å². The van der Waals surface area contributed by atoms with Gasteiger partial charge in [0.05, 0.1) is 5.69 Å². The summed E-state index contributed by atoms with van der Waals surface area (Å²) in [6.07, 6.45) is 1.01. The summed E-state index contributed by atoms with van der Waals surface area (Å²) in [7, 11) is 0. The standard InChI is InChI=1S/C15H11N3O2/c19-15-18-14(9-20-15)13-8-12(16-10-17-13)7-6-11-4-2-1-3-5-11/h1-5,8,10,14H,9H2,(H,18,19). The average molecular weight is 265 g/mol. The van der Waals surface area contributed by atoms with Gasteiger partial charge >= 0.3 is 6.09 Å². The zero-order valence-corrected chi connectivity index (χ0v) is 10.5. The van der Waals surface area contributed by atoms with Crippen molar-refractivity contribution in [1.29, 1.82) is 0 Å². The molecule has 2 aromatic rings. The number of hydrogen-bond donors (Lipinski definition) is 1. The molecule has 1 aromatic heterocycles. The second-order valence-electron chi connectivity index (χ2n) is 4.24. The minimum Gasteiger partial charge on any atom is -0.447 e. The molecule has 0 radical (unpaired) electrons. The topological polar surface area (TPSA) is 64.1 Å². The maximum atomic E-state index is 11.0. The third-order valence-corrected chi connectivity index (χ3v) is 2.83. The Labute approximate surface area is 116 Å². The van der Waals surface area contributed by atoms with Crippen LogP contribution >= 0.6 is 0 Å². The Bertz CT molecular complexity index is 689. The van der Waals surface area contributed by atoms with E-state index in [0.29, 0.717) is 11.4 Å². The lowest BCUT2D eigenvalue weighted by Crippen LogP contribution is -2.19. The maximum absolute atomic E-state index is 11.0. The fourth-order valence-corrected chi connectivity index (χ4v) is 1.83. The number of benzene rings is 1. The molecule has 1 aliphatic rings. The van der Waals surface area contributed by atoms with Crippen LogP contribution in [-0.4, -0.2) is 22.7 Å². The summed E-state index contributed by atoms with van der Waals surface area (Å²) in [5.41, 5.74) is 2.23. The van der Waals surface area contributed by atoms with Gasteiger partial charge in [0.15, 0.2) is 0 Å². The lowest BCUT2D eigenvalue weighted by atomic mass is 10.2. The van der Waals surface area contributed by atoms with Crippen molar-refractivity contribution in [1.82, 2.24) is 15.3 Å². The van der Waals surface area contributed by atoms with Crippen molar-refractivity contribution in [2.24, 2.45) is 0 Å². The van der Waals surface area contributed by atoms with E-state index in [0.717, 1.165) is 5.56 Å². The molecule has 0 spiro atoms. The van der Waals surface area contributed by atoms with Crippen LogP contribution in [0.25, 0.3) is 0 Å². The van der Waals surface area contributed by atoms with E-state index in [4.69, 9.17) is 4.74 Å². The summed E-state index contributed by atoms with van der Waals surface area (Å²) in [4.78, 5) is 19.3. The summed E-state index contributed by atoms with van der Waals surface area (Å²) in [6.45, 7) is 0.279. The molecule has 1 atom stereocenters. The third-order valence-electron chi connectivity index (χ3n) is 2.83. The third kappa shape index (κ3) is 2.75. The number of hydrogen-bond acceptors (Lipinski definition) is 4. The van der Waals surface area contributed by atoms with E-state index in [1.54, 1.807) is 6.07 Å². The van der Waals surface area contributed by atoms with Gasteiger partial charge in [-0.2, -0.15) is 0 Å². The molecule has 1 fully saturated rings. The molecule has 3 rings (SSSR count). The summed E-state index contributed by atoms with van der Waals surface area (Å²) >= 11 is 0. The molecule has 0 bridgehead atoms.